The second-order valence-corrected chi connectivity index (χ2v) is 5.54. The first-order valence-electron chi connectivity index (χ1n) is 6.43. The zero-order valence-corrected chi connectivity index (χ0v) is 11.6. The number of rotatable bonds is 2. The van der Waals surface area contributed by atoms with Gasteiger partial charge >= 0.3 is 5.63 Å². The summed E-state index contributed by atoms with van der Waals surface area (Å²) in [7, 11) is 1.50. The van der Waals surface area contributed by atoms with Crippen molar-refractivity contribution in [3.63, 3.8) is 0 Å². The van der Waals surface area contributed by atoms with Crippen LogP contribution in [-0.2, 0) is 6.42 Å². The lowest BCUT2D eigenvalue weighted by molar-refractivity contribution is -0.0235. The first-order chi connectivity index (χ1) is 9.40. The molecule has 1 aliphatic rings. The quantitative estimate of drug-likeness (QED) is 0.848. The van der Waals surface area contributed by atoms with E-state index in [0.717, 1.165) is 10.9 Å². The molecule has 0 aliphatic carbocycles. The molecule has 106 valence electrons. The van der Waals surface area contributed by atoms with Gasteiger partial charge in [0.25, 0.3) is 0 Å². The van der Waals surface area contributed by atoms with Gasteiger partial charge in [0, 0.05) is 23.4 Å². The number of fused-ring (bicyclic) bond motifs is 2. The maximum atomic E-state index is 11.4. The van der Waals surface area contributed by atoms with Crippen molar-refractivity contribution in [3.05, 3.63) is 34.2 Å². The van der Waals surface area contributed by atoms with E-state index >= 15 is 0 Å². The third-order valence-corrected chi connectivity index (χ3v) is 3.56. The Morgan fingerprint density at radius 3 is 2.80 bits per heavy atom. The summed E-state index contributed by atoms with van der Waals surface area (Å²) < 4.78 is 16.4. The highest BCUT2D eigenvalue weighted by molar-refractivity contribution is 5.87. The molecule has 0 radical (unpaired) electrons. The van der Waals surface area contributed by atoms with Crippen molar-refractivity contribution in [2.24, 2.45) is 0 Å². The van der Waals surface area contributed by atoms with Crippen LogP contribution in [0.2, 0.25) is 0 Å². The molecule has 1 atom stereocenters. The predicted molar refractivity (Wildman–Crippen MR) is 73.5 cm³/mol. The van der Waals surface area contributed by atoms with Crippen molar-refractivity contribution in [2.75, 3.05) is 7.11 Å². The highest BCUT2D eigenvalue weighted by atomic mass is 16.5. The van der Waals surface area contributed by atoms with Gasteiger partial charge in [0.05, 0.1) is 12.7 Å². The van der Waals surface area contributed by atoms with E-state index in [1.54, 1.807) is 19.9 Å². The summed E-state index contributed by atoms with van der Waals surface area (Å²) in [6.45, 7) is 3.41. The summed E-state index contributed by atoms with van der Waals surface area (Å²) in [5, 5.41) is 10.9. The van der Waals surface area contributed by atoms with Crippen LogP contribution < -0.4 is 15.1 Å². The largest absolute Gasteiger partial charge is 0.490 e. The molecule has 2 heterocycles. The maximum absolute atomic E-state index is 11.4. The molecular formula is C15H16O5. The van der Waals surface area contributed by atoms with E-state index in [1.165, 1.54) is 13.2 Å². The standard InChI is InChI=1S/C15H16O5/c1-15(2,17)10-7-9-6-8-4-5-11(16)20-12(8)14(18-3)13(9)19-10/h4-6,10,17H,7H2,1-3H3. The summed E-state index contributed by atoms with van der Waals surface area (Å²) >= 11 is 0. The van der Waals surface area contributed by atoms with Crippen LogP contribution >= 0.6 is 0 Å². The van der Waals surface area contributed by atoms with Crippen LogP contribution in [-0.4, -0.2) is 23.9 Å². The van der Waals surface area contributed by atoms with Gasteiger partial charge < -0.3 is 19.0 Å². The molecule has 1 aromatic heterocycles. The Morgan fingerprint density at radius 2 is 2.15 bits per heavy atom. The van der Waals surface area contributed by atoms with Crippen molar-refractivity contribution in [3.8, 4) is 11.5 Å². The number of hydrogen-bond acceptors (Lipinski definition) is 5. The smallest absolute Gasteiger partial charge is 0.336 e. The van der Waals surface area contributed by atoms with E-state index in [-0.39, 0.29) is 6.10 Å². The van der Waals surface area contributed by atoms with E-state index in [2.05, 4.69) is 0 Å². The predicted octanol–water partition coefficient (Wildman–Crippen LogP) is 1.88. The fraction of sp³-hybridized carbons (Fsp3) is 0.400. The Kier molecular flexibility index (Phi) is 2.76. The van der Waals surface area contributed by atoms with Gasteiger partial charge in [0.2, 0.25) is 5.75 Å². The zero-order valence-electron chi connectivity index (χ0n) is 11.6. The minimum atomic E-state index is -0.961. The van der Waals surface area contributed by atoms with Gasteiger partial charge in [-0.05, 0) is 26.0 Å². The molecule has 5 nitrogen and oxygen atoms in total. The number of aliphatic hydroxyl groups is 1. The molecule has 0 fully saturated rings. The van der Waals surface area contributed by atoms with Gasteiger partial charge in [0.15, 0.2) is 11.3 Å². The highest BCUT2D eigenvalue weighted by Crippen LogP contribution is 2.44. The lowest BCUT2D eigenvalue weighted by atomic mass is 9.97. The third kappa shape index (κ3) is 1.94. The van der Waals surface area contributed by atoms with E-state index < -0.39 is 11.2 Å². The summed E-state index contributed by atoms with van der Waals surface area (Å²) in [4.78, 5) is 11.4. The SMILES string of the molecule is COc1c2c(cc3ccc(=O)oc13)CC(C(C)(C)O)O2. The van der Waals surface area contributed by atoms with Gasteiger partial charge in [-0.15, -0.1) is 0 Å². The molecule has 2 aromatic rings. The van der Waals surface area contributed by atoms with Gasteiger partial charge in [-0.1, -0.05) is 0 Å². The van der Waals surface area contributed by atoms with E-state index in [4.69, 9.17) is 13.9 Å². The minimum absolute atomic E-state index is 0.352. The Balaban J connectivity index is 2.21. The molecule has 20 heavy (non-hydrogen) atoms. The summed E-state index contributed by atoms with van der Waals surface area (Å²) in [6.07, 6.45) is 0.236. The topological polar surface area (TPSA) is 68.9 Å². The second kappa shape index (κ2) is 4.24. The molecule has 1 unspecified atom stereocenters. The monoisotopic (exact) mass is 276 g/mol. The molecule has 0 spiro atoms. The Hall–Kier alpha value is -2.01. The van der Waals surface area contributed by atoms with Crippen molar-refractivity contribution in [2.45, 2.75) is 32.0 Å². The third-order valence-electron chi connectivity index (χ3n) is 3.56. The van der Waals surface area contributed by atoms with Crippen LogP contribution in [0.5, 0.6) is 11.5 Å². The molecule has 0 bridgehead atoms. The van der Waals surface area contributed by atoms with Crippen LogP contribution in [0.3, 0.4) is 0 Å². The lowest BCUT2D eigenvalue weighted by Crippen LogP contribution is -2.39. The minimum Gasteiger partial charge on any atom is -0.490 e. The fourth-order valence-corrected chi connectivity index (χ4v) is 2.46. The number of ether oxygens (including phenoxy) is 2. The summed E-state index contributed by atoms with van der Waals surface area (Å²) in [5.74, 6) is 0.948. The van der Waals surface area contributed by atoms with Crippen molar-refractivity contribution >= 4 is 11.0 Å². The number of methoxy groups -OCH3 is 1. The normalized spacial score (nSPS) is 17.9. The van der Waals surface area contributed by atoms with E-state index in [0.29, 0.717) is 23.5 Å². The van der Waals surface area contributed by atoms with Crippen LogP contribution in [0.1, 0.15) is 19.4 Å². The second-order valence-electron chi connectivity index (χ2n) is 5.54. The van der Waals surface area contributed by atoms with Crippen LogP contribution in [0.25, 0.3) is 11.0 Å². The molecule has 0 saturated heterocycles. The molecule has 0 saturated carbocycles. The Morgan fingerprint density at radius 1 is 1.40 bits per heavy atom. The molecule has 5 heteroatoms. The van der Waals surface area contributed by atoms with Gasteiger partial charge in [-0.25, -0.2) is 4.79 Å². The molecule has 1 aliphatic heterocycles. The van der Waals surface area contributed by atoms with Crippen LogP contribution in [0, 0.1) is 0 Å². The first-order valence-corrected chi connectivity index (χ1v) is 6.43. The van der Waals surface area contributed by atoms with Crippen molar-refractivity contribution in [1.82, 2.24) is 0 Å². The Bertz CT molecular complexity index is 723. The maximum Gasteiger partial charge on any atom is 0.336 e. The van der Waals surface area contributed by atoms with Crippen LogP contribution in [0.4, 0.5) is 0 Å². The van der Waals surface area contributed by atoms with Gasteiger partial charge in [-0.2, -0.15) is 0 Å². The number of benzene rings is 1. The van der Waals surface area contributed by atoms with Crippen LogP contribution in [0.15, 0.2) is 27.4 Å². The van der Waals surface area contributed by atoms with Gasteiger partial charge in [0.1, 0.15) is 6.10 Å². The summed E-state index contributed by atoms with van der Waals surface area (Å²) in [5.41, 5.74) is -0.0879. The number of hydrogen-bond donors (Lipinski definition) is 1. The van der Waals surface area contributed by atoms with E-state index in [9.17, 15) is 9.90 Å². The molecular weight excluding hydrogens is 260 g/mol. The fourth-order valence-electron chi connectivity index (χ4n) is 2.46. The summed E-state index contributed by atoms with van der Waals surface area (Å²) in [6, 6.07) is 4.97. The van der Waals surface area contributed by atoms with Crippen molar-refractivity contribution in [1.29, 1.82) is 0 Å². The molecule has 1 N–H and O–H groups in total. The molecule has 3 rings (SSSR count). The van der Waals surface area contributed by atoms with Gasteiger partial charge in [-0.3, -0.25) is 0 Å². The Labute approximate surface area is 115 Å². The average molecular weight is 276 g/mol. The average Bonchev–Trinajstić information content (AvgIpc) is 2.79. The van der Waals surface area contributed by atoms with E-state index in [1.807, 2.05) is 6.07 Å². The molecule has 1 aromatic carbocycles. The highest BCUT2D eigenvalue weighted by Gasteiger charge is 2.37. The zero-order chi connectivity index (χ0) is 14.5. The van der Waals surface area contributed by atoms with Crippen molar-refractivity contribution < 1.29 is 19.0 Å². The first kappa shape index (κ1) is 13.0. The molecule has 0 amide bonds. The lowest BCUT2D eigenvalue weighted by Gasteiger charge is -2.24.